The van der Waals surface area contributed by atoms with Gasteiger partial charge in [-0.1, -0.05) is 43.7 Å². The maximum Gasteiger partial charge on any atom is 0.344 e. The zero-order chi connectivity index (χ0) is 13.2. The van der Waals surface area contributed by atoms with Gasteiger partial charge in [0, 0.05) is 13.1 Å². The molecule has 4 heteroatoms. The molecule has 2 amide bonds. The maximum atomic E-state index is 12.2. The van der Waals surface area contributed by atoms with Crippen molar-refractivity contribution in [2.24, 2.45) is 5.92 Å². The number of piperidine rings is 1. The van der Waals surface area contributed by atoms with Crippen molar-refractivity contribution in [2.75, 3.05) is 13.1 Å². The summed E-state index contributed by atoms with van der Waals surface area (Å²) in [6.07, 6.45) is 2.20. The van der Waals surface area contributed by atoms with Crippen molar-refractivity contribution in [1.82, 2.24) is 9.96 Å². The van der Waals surface area contributed by atoms with E-state index >= 15 is 0 Å². The number of hydrogen-bond acceptors (Lipinski definition) is 2. The highest BCUT2D eigenvalue weighted by molar-refractivity contribution is 5.76. The van der Waals surface area contributed by atoms with Crippen molar-refractivity contribution >= 4 is 6.03 Å². The molecule has 0 aromatic heterocycles. The molecule has 19 heavy (non-hydrogen) atoms. The third-order valence-electron chi connectivity index (χ3n) is 4.22. The largest absolute Gasteiger partial charge is 0.344 e. The Kier molecular flexibility index (Phi) is 3.42. The number of urea groups is 1. The normalized spacial score (nSPS) is 26.1. The summed E-state index contributed by atoms with van der Waals surface area (Å²) in [6, 6.07) is 10.3. The second-order valence-corrected chi connectivity index (χ2v) is 5.34. The lowest BCUT2D eigenvalue weighted by Crippen LogP contribution is -2.39. The van der Waals surface area contributed by atoms with Crippen LogP contribution in [0, 0.1) is 5.92 Å². The minimum absolute atomic E-state index is 0.0388. The molecular weight excluding hydrogens is 240 g/mol. The van der Waals surface area contributed by atoms with E-state index < -0.39 is 0 Å². The number of nitrogens with zero attached hydrogens (tertiary/aromatic N) is 2. The van der Waals surface area contributed by atoms with Crippen LogP contribution in [-0.2, 0) is 11.4 Å². The number of rotatable bonds is 4. The Morgan fingerprint density at radius 2 is 2.11 bits per heavy atom. The fourth-order valence-electron chi connectivity index (χ4n) is 3.05. The molecule has 0 saturated carbocycles. The van der Waals surface area contributed by atoms with Gasteiger partial charge in [-0.15, -0.1) is 0 Å². The van der Waals surface area contributed by atoms with Gasteiger partial charge in [-0.25, -0.2) is 4.79 Å². The Morgan fingerprint density at radius 3 is 2.84 bits per heavy atom. The zero-order valence-electron chi connectivity index (χ0n) is 11.3. The van der Waals surface area contributed by atoms with E-state index in [4.69, 9.17) is 4.84 Å². The summed E-state index contributed by atoms with van der Waals surface area (Å²) in [7, 11) is 0. The summed E-state index contributed by atoms with van der Waals surface area (Å²) in [4.78, 5) is 19.9. The summed E-state index contributed by atoms with van der Waals surface area (Å²) >= 11 is 0. The standard InChI is InChI=1S/C15H20N2O2/c1-2-13-8-9-16-10-14(13)17(15(16)18)19-11-12-6-4-3-5-7-12/h3-7,13-14H,2,8-11H2,1H3/t13?,14-/m1/s1. The minimum atomic E-state index is 0.0388. The van der Waals surface area contributed by atoms with Gasteiger partial charge in [0.05, 0.1) is 6.04 Å². The molecule has 2 atom stereocenters. The van der Waals surface area contributed by atoms with Crippen LogP contribution < -0.4 is 0 Å². The second kappa shape index (κ2) is 5.21. The fraction of sp³-hybridized carbons (Fsp3) is 0.533. The van der Waals surface area contributed by atoms with Gasteiger partial charge in [-0.05, 0) is 17.9 Å². The van der Waals surface area contributed by atoms with Crippen LogP contribution in [-0.4, -0.2) is 35.1 Å². The predicted molar refractivity (Wildman–Crippen MR) is 72.2 cm³/mol. The van der Waals surface area contributed by atoms with Crippen LogP contribution in [0.1, 0.15) is 25.3 Å². The molecule has 2 aliphatic heterocycles. The Labute approximate surface area is 113 Å². The van der Waals surface area contributed by atoms with Crippen molar-refractivity contribution in [2.45, 2.75) is 32.4 Å². The molecule has 0 radical (unpaired) electrons. The average molecular weight is 260 g/mol. The first-order valence-electron chi connectivity index (χ1n) is 7.04. The SMILES string of the molecule is CCC1CCN2C[C@H]1N(OCc1ccccc1)C2=O. The van der Waals surface area contributed by atoms with Gasteiger partial charge in [0.25, 0.3) is 0 Å². The molecule has 2 saturated heterocycles. The molecule has 2 fully saturated rings. The third-order valence-corrected chi connectivity index (χ3v) is 4.22. The summed E-state index contributed by atoms with van der Waals surface area (Å²) < 4.78 is 0. The van der Waals surface area contributed by atoms with Crippen molar-refractivity contribution in [3.8, 4) is 0 Å². The molecule has 102 valence electrons. The first-order chi connectivity index (χ1) is 9.29. The van der Waals surface area contributed by atoms with Crippen LogP contribution in [0.5, 0.6) is 0 Å². The highest BCUT2D eigenvalue weighted by Gasteiger charge is 2.45. The van der Waals surface area contributed by atoms with Crippen LogP contribution in [0.25, 0.3) is 0 Å². The van der Waals surface area contributed by atoms with Crippen molar-refractivity contribution in [1.29, 1.82) is 0 Å². The molecule has 2 heterocycles. The van der Waals surface area contributed by atoms with E-state index in [1.807, 2.05) is 35.2 Å². The lowest BCUT2D eigenvalue weighted by molar-refractivity contribution is -0.149. The monoisotopic (exact) mass is 260 g/mol. The predicted octanol–water partition coefficient (Wildman–Crippen LogP) is 2.65. The lowest BCUT2D eigenvalue weighted by Gasteiger charge is -2.30. The van der Waals surface area contributed by atoms with E-state index in [0.29, 0.717) is 12.5 Å². The third kappa shape index (κ3) is 2.32. The number of fused-ring (bicyclic) bond motifs is 2. The maximum absolute atomic E-state index is 12.2. The quantitative estimate of drug-likeness (QED) is 0.833. The van der Waals surface area contributed by atoms with Gasteiger partial charge in [-0.3, -0.25) is 4.84 Å². The molecular formula is C15H20N2O2. The topological polar surface area (TPSA) is 32.8 Å². The second-order valence-electron chi connectivity index (χ2n) is 5.34. The van der Waals surface area contributed by atoms with E-state index in [1.165, 1.54) is 0 Å². The van der Waals surface area contributed by atoms with Crippen molar-refractivity contribution < 1.29 is 9.63 Å². The molecule has 3 rings (SSSR count). The van der Waals surface area contributed by atoms with E-state index in [-0.39, 0.29) is 12.1 Å². The molecule has 4 nitrogen and oxygen atoms in total. The number of hydrogen-bond donors (Lipinski definition) is 0. The van der Waals surface area contributed by atoms with E-state index in [1.54, 1.807) is 5.06 Å². The Balaban J connectivity index is 1.68. The molecule has 1 unspecified atom stereocenters. The molecule has 2 aliphatic rings. The first-order valence-corrected chi connectivity index (χ1v) is 7.04. The summed E-state index contributed by atoms with van der Waals surface area (Å²) in [5.74, 6) is 0.568. The summed E-state index contributed by atoms with van der Waals surface area (Å²) in [6.45, 7) is 4.36. The number of carbonyl (C=O) groups excluding carboxylic acids is 1. The van der Waals surface area contributed by atoms with Gasteiger partial charge < -0.3 is 4.90 Å². The van der Waals surface area contributed by atoms with Gasteiger partial charge in [-0.2, -0.15) is 5.06 Å². The van der Waals surface area contributed by atoms with E-state index in [0.717, 1.165) is 31.5 Å². The van der Waals surface area contributed by atoms with Gasteiger partial charge >= 0.3 is 6.03 Å². The summed E-state index contributed by atoms with van der Waals surface area (Å²) in [5, 5.41) is 1.62. The van der Waals surface area contributed by atoms with Gasteiger partial charge in [0.2, 0.25) is 0 Å². The molecule has 0 aliphatic carbocycles. The fourth-order valence-corrected chi connectivity index (χ4v) is 3.05. The smallest absolute Gasteiger partial charge is 0.321 e. The van der Waals surface area contributed by atoms with Crippen LogP contribution in [0.4, 0.5) is 4.79 Å². The summed E-state index contributed by atoms with van der Waals surface area (Å²) in [5.41, 5.74) is 1.10. The average Bonchev–Trinajstić information content (AvgIpc) is 2.71. The van der Waals surface area contributed by atoms with E-state index in [2.05, 4.69) is 6.92 Å². The molecule has 0 spiro atoms. The van der Waals surface area contributed by atoms with Crippen LogP contribution >= 0.6 is 0 Å². The Morgan fingerprint density at radius 1 is 1.32 bits per heavy atom. The van der Waals surface area contributed by atoms with Crippen molar-refractivity contribution in [3.05, 3.63) is 35.9 Å². The number of hydroxylamine groups is 2. The zero-order valence-corrected chi connectivity index (χ0v) is 11.3. The molecule has 0 N–H and O–H groups in total. The lowest BCUT2D eigenvalue weighted by atomic mass is 9.91. The molecule has 1 aromatic carbocycles. The number of amides is 2. The highest BCUT2D eigenvalue weighted by Crippen LogP contribution is 2.32. The minimum Gasteiger partial charge on any atom is -0.321 e. The van der Waals surface area contributed by atoms with Gasteiger partial charge in [0.1, 0.15) is 6.61 Å². The Bertz CT molecular complexity index is 449. The van der Waals surface area contributed by atoms with E-state index in [9.17, 15) is 4.79 Å². The number of benzene rings is 1. The van der Waals surface area contributed by atoms with Crippen LogP contribution in [0.2, 0.25) is 0 Å². The molecule has 2 bridgehead atoms. The van der Waals surface area contributed by atoms with Crippen molar-refractivity contribution in [3.63, 3.8) is 0 Å². The van der Waals surface area contributed by atoms with Gasteiger partial charge in [0.15, 0.2) is 0 Å². The first kappa shape index (κ1) is 12.5. The molecule has 1 aromatic rings. The Hall–Kier alpha value is -1.55. The van der Waals surface area contributed by atoms with Crippen LogP contribution in [0.15, 0.2) is 30.3 Å². The number of carbonyl (C=O) groups is 1. The highest BCUT2D eigenvalue weighted by atomic mass is 16.7. The van der Waals surface area contributed by atoms with Crippen LogP contribution in [0.3, 0.4) is 0 Å².